The lowest BCUT2D eigenvalue weighted by molar-refractivity contribution is 0.142. The smallest absolute Gasteiger partial charge is 0.0689 e. The molecule has 0 bridgehead atoms. The third kappa shape index (κ3) is 3.23. The van der Waals surface area contributed by atoms with E-state index in [1.165, 1.54) is 19.3 Å². The van der Waals surface area contributed by atoms with E-state index in [1.807, 2.05) is 0 Å². The van der Waals surface area contributed by atoms with Gasteiger partial charge in [0.15, 0.2) is 0 Å². The van der Waals surface area contributed by atoms with Gasteiger partial charge in [0.05, 0.1) is 11.5 Å². The summed E-state index contributed by atoms with van der Waals surface area (Å²) in [5, 5.41) is 9.38. The standard InChI is InChI=1S/C14H27N/c1-6-13(7-2,8-3)11-14(9-4,10-5)12-15/h6-11H2,1-5H3. The maximum absolute atomic E-state index is 9.38. The van der Waals surface area contributed by atoms with Gasteiger partial charge in [0.25, 0.3) is 0 Å². The van der Waals surface area contributed by atoms with Gasteiger partial charge in [0.1, 0.15) is 0 Å². The number of nitriles is 1. The van der Waals surface area contributed by atoms with E-state index in [0.29, 0.717) is 5.41 Å². The molecular weight excluding hydrogens is 182 g/mol. The Kier molecular flexibility index (Phi) is 5.95. The summed E-state index contributed by atoms with van der Waals surface area (Å²) in [4.78, 5) is 0. The Morgan fingerprint density at radius 3 is 1.40 bits per heavy atom. The number of rotatable bonds is 7. The first kappa shape index (κ1) is 14.5. The molecule has 0 rings (SSSR count). The molecular formula is C14H27N. The van der Waals surface area contributed by atoms with Crippen molar-refractivity contribution in [2.24, 2.45) is 10.8 Å². The molecule has 0 unspecified atom stereocenters. The lowest BCUT2D eigenvalue weighted by Gasteiger charge is -2.38. The Morgan fingerprint density at radius 2 is 1.20 bits per heavy atom. The molecule has 0 radical (unpaired) electrons. The average Bonchev–Trinajstić information content (AvgIpc) is 2.33. The first-order valence-corrected chi connectivity index (χ1v) is 6.48. The van der Waals surface area contributed by atoms with Gasteiger partial charge in [-0.05, 0) is 24.7 Å². The Labute approximate surface area is 95.9 Å². The molecule has 0 saturated heterocycles. The van der Waals surface area contributed by atoms with E-state index in [0.717, 1.165) is 19.3 Å². The van der Waals surface area contributed by atoms with Crippen LogP contribution in [0.2, 0.25) is 0 Å². The first-order valence-electron chi connectivity index (χ1n) is 6.48. The van der Waals surface area contributed by atoms with E-state index in [4.69, 9.17) is 0 Å². The fraction of sp³-hybridized carbons (Fsp3) is 0.929. The zero-order valence-corrected chi connectivity index (χ0v) is 11.2. The van der Waals surface area contributed by atoms with Gasteiger partial charge in [-0.3, -0.25) is 0 Å². The fourth-order valence-corrected chi connectivity index (χ4v) is 2.54. The van der Waals surface area contributed by atoms with Crippen molar-refractivity contribution in [2.75, 3.05) is 0 Å². The summed E-state index contributed by atoms with van der Waals surface area (Å²) in [5.74, 6) is 0. The molecule has 0 aliphatic heterocycles. The van der Waals surface area contributed by atoms with Crippen LogP contribution in [0.25, 0.3) is 0 Å². The van der Waals surface area contributed by atoms with Gasteiger partial charge in [-0.15, -0.1) is 0 Å². The van der Waals surface area contributed by atoms with Crippen LogP contribution in [0.1, 0.15) is 73.1 Å². The van der Waals surface area contributed by atoms with Crippen LogP contribution in [-0.4, -0.2) is 0 Å². The van der Waals surface area contributed by atoms with Crippen molar-refractivity contribution in [1.82, 2.24) is 0 Å². The summed E-state index contributed by atoms with van der Waals surface area (Å²) in [6.45, 7) is 11.1. The SMILES string of the molecule is CCC(C#N)(CC)CC(CC)(CC)CC. The average molecular weight is 209 g/mol. The van der Waals surface area contributed by atoms with Crippen LogP contribution in [0.4, 0.5) is 0 Å². The molecule has 0 aromatic carbocycles. The molecule has 0 amide bonds. The maximum atomic E-state index is 9.38. The molecule has 0 atom stereocenters. The molecule has 0 aromatic rings. The Bertz CT molecular complexity index is 196. The lowest BCUT2D eigenvalue weighted by Crippen LogP contribution is -2.29. The second-order valence-corrected chi connectivity index (χ2v) is 4.84. The Balaban J connectivity index is 4.85. The van der Waals surface area contributed by atoms with Gasteiger partial charge in [-0.1, -0.05) is 53.9 Å². The second kappa shape index (κ2) is 6.16. The van der Waals surface area contributed by atoms with Crippen LogP contribution in [-0.2, 0) is 0 Å². The van der Waals surface area contributed by atoms with Crippen molar-refractivity contribution in [3.05, 3.63) is 0 Å². The van der Waals surface area contributed by atoms with Gasteiger partial charge in [-0.25, -0.2) is 0 Å². The summed E-state index contributed by atoms with van der Waals surface area (Å²) in [7, 11) is 0. The minimum atomic E-state index is -0.0813. The molecule has 88 valence electrons. The summed E-state index contributed by atoms with van der Waals surface area (Å²) >= 11 is 0. The van der Waals surface area contributed by atoms with Crippen molar-refractivity contribution >= 4 is 0 Å². The third-order valence-corrected chi connectivity index (χ3v) is 4.55. The molecule has 15 heavy (non-hydrogen) atoms. The molecule has 0 spiro atoms. The summed E-state index contributed by atoms with van der Waals surface area (Å²) in [6.07, 6.45) is 6.65. The highest BCUT2D eigenvalue weighted by molar-refractivity contribution is 5.01. The largest absolute Gasteiger partial charge is 0.198 e. The highest BCUT2D eigenvalue weighted by atomic mass is 14.4. The summed E-state index contributed by atoms with van der Waals surface area (Å²) in [5.41, 5.74) is 0.309. The van der Waals surface area contributed by atoms with E-state index < -0.39 is 0 Å². The van der Waals surface area contributed by atoms with Crippen molar-refractivity contribution in [3.63, 3.8) is 0 Å². The fourth-order valence-electron chi connectivity index (χ4n) is 2.54. The van der Waals surface area contributed by atoms with E-state index in [9.17, 15) is 5.26 Å². The molecule has 1 heteroatoms. The highest BCUT2D eigenvalue weighted by Crippen LogP contribution is 2.45. The normalized spacial score (nSPS) is 12.5. The van der Waals surface area contributed by atoms with Crippen molar-refractivity contribution in [2.45, 2.75) is 73.1 Å². The zero-order valence-electron chi connectivity index (χ0n) is 11.2. The molecule has 1 nitrogen and oxygen atoms in total. The number of hydrogen-bond donors (Lipinski definition) is 0. The van der Waals surface area contributed by atoms with E-state index in [2.05, 4.69) is 40.7 Å². The highest BCUT2D eigenvalue weighted by Gasteiger charge is 2.36. The second-order valence-electron chi connectivity index (χ2n) is 4.84. The van der Waals surface area contributed by atoms with E-state index >= 15 is 0 Å². The van der Waals surface area contributed by atoms with E-state index in [-0.39, 0.29) is 5.41 Å². The molecule has 0 aliphatic carbocycles. The minimum absolute atomic E-state index is 0.0813. The summed E-state index contributed by atoms with van der Waals surface area (Å²) < 4.78 is 0. The summed E-state index contributed by atoms with van der Waals surface area (Å²) in [6, 6.07) is 2.57. The van der Waals surface area contributed by atoms with Gasteiger partial charge in [0, 0.05) is 0 Å². The van der Waals surface area contributed by atoms with Gasteiger partial charge >= 0.3 is 0 Å². The molecule has 0 heterocycles. The number of hydrogen-bond acceptors (Lipinski definition) is 1. The van der Waals surface area contributed by atoms with Crippen molar-refractivity contribution < 1.29 is 0 Å². The van der Waals surface area contributed by atoms with Crippen LogP contribution in [0.5, 0.6) is 0 Å². The van der Waals surface area contributed by atoms with Gasteiger partial charge < -0.3 is 0 Å². The zero-order chi connectivity index (χ0) is 11.9. The van der Waals surface area contributed by atoms with E-state index in [1.54, 1.807) is 0 Å². The lowest BCUT2D eigenvalue weighted by atomic mass is 9.65. The van der Waals surface area contributed by atoms with Crippen LogP contribution in [0.3, 0.4) is 0 Å². The van der Waals surface area contributed by atoms with Crippen molar-refractivity contribution in [3.8, 4) is 6.07 Å². The monoisotopic (exact) mass is 209 g/mol. The maximum Gasteiger partial charge on any atom is 0.0689 e. The molecule has 0 aliphatic rings. The van der Waals surface area contributed by atoms with Gasteiger partial charge in [-0.2, -0.15) is 5.26 Å². The Hall–Kier alpha value is -0.510. The number of nitrogens with zero attached hydrogens (tertiary/aromatic N) is 1. The van der Waals surface area contributed by atoms with Crippen molar-refractivity contribution in [1.29, 1.82) is 5.26 Å². The van der Waals surface area contributed by atoms with Crippen LogP contribution in [0, 0.1) is 22.2 Å². The molecule has 0 saturated carbocycles. The predicted molar refractivity (Wildman–Crippen MR) is 66.6 cm³/mol. The van der Waals surface area contributed by atoms with Crippen LogP contribution in [0.15, 0.2) is 0 Å². The predicted octanol–water partition coefficient (Wildman–Crippen LogP) is 4.92. The Morgan fingerprint density at radius 1 is 0.800 bits per heavy atom. The van der Waals surface area contributed by atoms with Gasteiger partial charge in [0.2, 0.25) is 0 Å². The molecule has 0 fully saturated rings. The topological polar surface area (TPSA) is 23.8 Å². The third-order valence-electron chi connectivity index (χ3n) is 4.55. The molecule has 0 aromatic heterocycles. The van der Waals surface area contributed by atoms with Crippen LogP contribution < -0.4 is 0 Å². The molecule has 0 N–H and O–H groups in total. The minimum Gasteiger partial charge on any atom is -0.198 e. The quantitative estimate of drug-likeness (QED) is 0.583. The van der Waals surface area contributed by atoms with Crippen LogP contribution >= 0.6 is 0 Å². The first-order chi connectivity index (χ1) is 7.07.